The molecule has 0 amide bonds. The molecular weight excluding hydrogens is 240 g/mol. The Morgan fingerprint density at radius 2 is 2.28 bits per heavy atom. The second kappa shape index (κ2) is 5.68. The summed E-state index contributed by atoms with van der Waals surface area (Å²) in [4.78, 5) is 0. The summed E-state index contributed by atoms with van der Waals surface area (Å²) < 4.78 is 31.3. The molecule has 1 atom stereocenters. The monoisotopic (exact) mass is 253 g/mol. The molecule has 0 bridgehead atoms. The van der Waals surface area contributed by atoms with Gasteiger partial charge < -0.3 is 9.73 Å². The lowest BCUT2D eigenvalue weighted by Gasteiger charge is -2.06. The summed E-state index contributed by atoms with van der Waals surface area (Å²) in [6.45, 7) is 2.12. The molecule has 1 unspecified atom stereocenters. The number of nitrogens with zero attached hydrogens (tertiary/aromatic N) is 2. The van der Waals surface area contributed by atoms with Crippen LogP contribution in [0.15, 0.2) is 29.0 Å². The highest BCUT2D eigenvalue weighted by atomic mass is 19.1. The summed E-state index contributed by atoms with van der Waals surface area (Å²) >= 11 is 0. The third kappa shape index (κ3) is 3.10. The molecule has 0 aliphatic rings. The summed E-state index contributed by atoms with van der Waals surface area (Å²) in [5, 5.41) is 10.0. The Balaban J connectivity index is 2.06. The zero-order valence-electron chi connectivity index (χ0n) is 9.86. The Bertz CT molecular complexity index is 500. The molecule has 0 aliphatic carbocycles. The maximum atomic E-state index is 13.8. The Morgan fingerprint density at radius 1 is 1.44 bits per heavy atom. The van der Waals surface area contributed by atoms with Gasteiger partial charge in [-0.1, -0.05) is 6.07 Å². The SMILES string of the molecule is CC(F)CNCc1ccc(-c2nnco2)c(F)c1. The molecule has 1 aromatic heterocycles. The molecular formula is C12H13F2N3O. The quantitative estimate of drug-likeness (QED) is 0.888. The number of nitrogens with one attached hydrogen (secondary N) is 1. The Morgan fingerprint density at radius 3 is 2.89 bits per heavy atom. The standard InChI is InChI=1S/C12H13F2N3O/c1-8(13)5-15-6-9-2-3-10(11(14)4-9)12-17-16-7-18-12/h2-4,7-8,15H,5-6H2,1H3. The molecule has 2 rings (SSSR count). The number of hydrogen-bond acceptors (Lipinski definition) is 4. The topological polar surface area (TPSA) is 51.0 Å². The second-order valence-corrected chi connectivity index (χ2v) is 3.97. The molecule has 0 saturated heterocycles. The maximum Gasteiger partial charge on any atom is 0.250 e. The molecule has 0 spiro atoms. The van der Waals surface area contributed by atoms with Gasteiger partial charge in [-0.3, -0.25) is 0 Å². The second-order valence-electron chi connectivity index (χ2n) is 3.97. The first kappa shape index (κ1) is 12.6. The molecule has 0 aliphatic heterocycles. The van der Waals surface area contributed by atoms with Crippen LogP contribution in [0.3, 0.4) is 0 Å². The molecule has 1 N–H and O–H groups in total. The summed E-state index contributed by atoms with van der Waals surface area (Å²) in [6.07, 6.45) is 0.222. The van der Waals surface area contributed by atoms with Crippen LogP contribution in [-0.4, -0.2) is 22.9 Å². The lowest BCUT2D eigenvalue weighted by molar-refractivity contribution is 0.344. The Labute approximate surface area is 103 Å². The van der Waals surface area contributed by atoms with Gasteiger partial charge in [0, 0.05) is 13.1 Å². The van der Waals surface area contributed by atoms with Gasteiger partial charge in [0.05, 0.1) is 5.56 Å². The first-order chi connectivity index (χ1) is 8.66. The van der Waals surface area contributed by atoms with Gasteiger partial charge in [0.25, 0.3) is 0 Å². The summed E-state index contributed by atoms with van der Waals surface area (Å²) in [7, 11) is 0. The number of alkyl halides is 1. The van der Waals surface area contributed by atoms with Gasteiger partial charge in [-0.2, -0.15) is 0 Å². The summed E-state index contributed by atoms with van der Waals surface area (Å²) in [5.41, 5.74) is 0.992. The van der Waals surface area contributed by atoms with E-state index in [1.54, 1.807) is 12.1 Å². The van der Waals surface area contributed by atoms with Crippen LogP contribution in [-0.2, 0) is 6.54 Å². The van der Waals surface area contributed by atoms with E-state index < -0.39 is 12.0 Å². The van der Waals surface area contributed by atoms with E-state index in [9.17, 15) is 8.78 Å². The van der Waals surface area contributed by atoms with Crippen molar-refractivity contribution in [2.45, 2.75) is 19.6 Å². The van der Waals surface area contributed by atoms with Crippen LogP contribution in [0.5, 0.6) is 0 Å². The maximum absolute atomic E-state index is 13.8. The van der Waals surface area contributed by atoms with Crippen LogP contribution in [0.2, 0.25) is 0 Å². The molecule has 0 radical (unpaired) electrons. The van der Waals surface area contributed by atoms with Crippen molar-refractivity contribution in [2.75, 3.05) is 6.54 Å². The third-order valence-corrected chi connectivity index (χ3v) is 2.38. The van der Waals surface area contributed by atoms with Crippen molar-refractivity contribution in [3.05, 3.63) is 36.0 Å². The van der Waals surface area contributed by atoms with Crippen molar-refractivity contribution in [1.82, 2.24) is 15.5 Å². The normalized spacial score (nSPS) is 12.6. The van der Waals surface area contributed by atoms with Crippen molar-refractivity contribution in [1.29, 1.82) is 0 Å². The van der Waals surface area contributed by atoms with E-state index in [2.05, 4.69) is 15.5 Å². The largest absolute Gasteiger partial charge is 0.423 e. The molecule has 6 heteroatoms. The molecule has 4 nitrogen and oxygen atoms in total. The van der Waals surface area contributed by atoms with Crippen LogP contribution >= 0.6 is 0 Å². The van der Waals surface area contributed by atoms with E-state index in [1.807, 2.05) is 0 Å². The van der Waals surface area contributed by atoms with E-state index in [4.69, 9.17) is 4.42 Å². The van der Waals surface area contributed by atoms with E-state index in [0.717, 1.165) is 12.0 Å². The van der Waals surface area contributed by atoms with Gasteiger partial charge in [-0.05, 0) is 24.6 Å². The van der Waals surface area contributed by atoms with Gasteiger partial charge in [-0.25, -0.2) is 8.78 Å². The zero-order chi connectivity index (χ0) is 13.0. The van der Waals surface area contributed by atoms with Gasteiger partial charge in [0.1, 0.15) is 12.0 Å². The zero-order valence-corrected chi connectivity index (χ0v) is 9.86. The summed E-state index contributed by atoms with van der Waals surface area (Å²) in [5.74, 6) is -0.295. The predicted molar refractivity (Wildman–Crippen MR) is 62.0 cm³/mol. The molecule has 96 valence electrons. The fourth-order valence-electron chi connectivity index (χ4n) is 1.55. The van der Waals surface area contributed by atoms with Gasteiger partial charge in [0.15, 0.2) is 0 Å². The Kier molecular flexibility index (Phi) is 3.99. The minimum Gasteiger partial charge on any atom is -0.423 e. The number of benzene rings is 1. The molecule has 2 aromatic rings. The fraction of sp³-hybridized carbons (Fsp3) is 0.333. The van der Waals surface area contributed by atoms with Crippen molar-refractivity contribution in [3.63, 3.8) is 0 Å². The lowest BCUT2D eigenvalue weighted by atomic mass is 10.1. The minimum absolute atomic E-state index is 0.143. The van der Waals surface area contributed by atoms with Gasteiger partial charge >= 0.3 is 0 Å². The van der Waals surface area contributed by atoms with Crippen molar-refractivity contribution in [2.24, 2.45) is 0 Å². The molecule has 0 saturated carbocycles. The highest BCUT2D eigenvalue weighted by molar-refractivity contribution is 5.54. The minimum atomic E-state index is -0.924. The highest BCUT2D eigenvalue weighted by Gasteiger charge is 2.10. The van der Waals surface area contributed by atoms with Crippen LogP contribution in [0.1, 0.15) is 12.5 Å². The average Bonchev–Trinajstić information content (AvgIpc) is 2.82. The van der Waals surface area contributed by atoms with Crippen molar-refractivity contribution in [3.8, 4) is 11.5 Å². The third-order valence-electron chi connectivity index (χ3n) is 2.38. The van der Waals surface area contributed by atoms with E-state index in [-0.39, 0.29) is 18.0 Å². The number of rotatable bonds is 5. The smallest absolute Gasteiger partial charge is 0.250 e. The van der Waals surface area contributed by atoms with Crippen LogP contribution < -0.4 is 5.32 Å². The first-order valence-electron chi connectivity index (χ1n) is 5.56. The average molecular weight is 253 g/mol. The van der Waals surface area contributed by atoms with Crippen LogP contribution in [0.25, 0.3) is 11.5 Å². The van der Waals surface area contributed by atoms with E-state index in [1.165, 1.54) is 13.0 Å². The lowest BCUT2D eigenvalue weighted by Crippen LogP contribution is -2.21. The van der Waals surface area contributed by atoms with Crippen LogP contribution in [0, 0.1) is 5.82 Å². The summed E-state index contributed by atoms with van der Waals surface area (Å²) in [6, 6.07) is 4.67. The number of halogens is 2. The fourth-order valence-corrected chi connectivity index (χ4v) is 1.55. The predicted octanol–water partition coefficient (Wildman–Crippen LogP) is 2.32. The molecule has 0 fully saturated rings. The molecule has 1 aromatic carbocycles. The van der Waals surface area contributed by atoms with Gasteiger partial charge in [-0.15, -0.1) is 10.2 Å². The van der Waals surface area contributed by atoms with E-state index in [0.29, 0.717) is 6.54 Å². The van der Waals surface area contributed by atoms with Crippen LogP contribution in [0.4, 0.5) is 8.78 Å². The molecule has 18 heavy (non-hydrogen) atoms. The highest BCUT2D eigenvalue weighted by Crippen LogP contribution is 2.21. The number of aromatic nitrogens is 2. The van der Waals surface area contributed by atoms with E-state index >= 15 is 0 Å². The Hall–Kier alpha value is -1.82. The molecule has 1 heterocycles. The van der Waals surface area contributed by atoms with Gasteiger partial charge in [0.2, 0.25) is 12.3 Å². The van der Waals surface area contributed by atoms with Crippen molar-refractivity contribution >= 4 is 0 Å². The van der Waals surface area contributed by atoms with Crippen molar-refractivity contribution < 1.29 is 13.2 Å². The first-order valence-corrected chi connectivity index (χ1v) is 5.56. The number of hydrogen-bond donors (Lipinski definition) is 1.